The summed E-state index contributed by atoms with van der Waals surface area (Å²) in [6, 6.07) is 5.35. The molecule has 0 aliphatic rings. The first-order chi connectivity index (χ1) is 13.0. The molecule has 1 amide bonds. The van der Waals surface area contributed by atoms with Crippen LogP contribution in [0.1, 0.15) is 41.0 Å². The number of nitrogens with one attached hydrogen (secondary N) is 1. The number of nitrogens with zero attached hydrogens (tertiary/aromatic N) is 2. The number of benzene rings is 1. The number of aromatic nitrogens is 2. The Morgan fingerprint density at radius 3 is 2.39 bits per heavy atom. The van der Waals surface area contributed by atoms with Crippen molar-refractivity contribution in [2.45, 2.75) is 51.8 Å². The molecule has 1 aromatic carbocycles. The third kappa shape index (κ3) is 6.44. The minimum Gasteiger partial charge on any atom is -0.493 e. The van der Waals surface area contributed by atoms with Crippen molar-refractivity contribution in [3.8, 4) is 23.0 Å². The van der Waals surface area contributed by atoms with E-state index in [-0.39, 0.29) is 22.6 Å². The maximum Gasteiger partial charge on any atom is 0.277 e. The summed E-state index contributed by atoms with van der Waals surface area (Å²) in [5.74, 6) is 1.70. The Balaban J connectivity index is 1.97. The van der Waals surface area contributed by atoms with Gasteiger partial charge in [-0.15, -0.1) is 10.2 Å². The van der Waals surface area contributed by atoms with Gasteiger partial charge in [0.1, 0.15) is 0 Å². The highest BCUT2D eigenvalue weighted by molar-refractivity contribution is 7.99. The quantitative estimate of drug-likeness (QED) is 0.657. The highest BCUT2D eigenvalue weighted by atomic mass is 32.2. The molecule has 0 unspecified atom stereocenters. The molecular formula is C20H29N3O4S. The molecule has 2 aromatic rings. The van der Waals surface area contributed by atoms with E-state index in [1.54, 1.807) is 26.4 Å². The lowest BCUT2D eigenvalue weighted by atomic mass is 9.82. The number of methoxy groups -OCH3 is 2. The number of ether oxygens (including phenoxy) is 2. The van der Waals surface area contributed by atoms with Crippen LogP contribution in [0.4, 0.5) is 0 Å². The molecule has 0 aliphatic heterocycles. The molecule has 0 bridgehead atoms. The fraction of sp³-hybridized carbons (Fsp3) is 0.550. The fourth-order valence-corrected chi connectivity index (χ4v) is 3.83. The van der Waals surface area contributed by atoms with Crippen LogP contribution in [-0.4, -0.2) is 41.6 Å². The van der Waals surface area contributed by atoms with E-state index in [4.69, 9.17) is 13.9 Å². The fourth-order valence-electron chi connectivity index (χ4n) is 3.26. The second-order valence-electron chi connectivity index (χ2n) is 8.40. The van der Waals surface area contributed by atoms with E-state index in [0.717, 1.165) is 6.42 Å². The molecule has 0 saturated heterocycles. The Bertz CT molecular complexity index is 812. The molecule has 2 rings (SSSR count). The van der Waals surface area contributed by atoms with Gasteiger partial charge in [-0.1, -0.05) is 32.5 Å². The molecule has 154 valence electrons. The summed E-state index contributed by atoms with van der Waals surface area (Å²) in [6.45, 7) is 10.5. The van der Waals surface area contributed by atoms with Crippen LogP contribution in [0.3, 0.4) is 0 Å². The summed E-state index contributed by atoms with van der Waals surface area (Å²) < 4.78 is 16.2. The third-order valence-electron chi connectivity index (χ3n) is 3.81. The molecule has 0 atom stereocenters. The van der Waals surface area contributed by atoms with Gasteiger partial charge in [0, 0.05) is 11.1 Å². The number of thioether (sulfide) groups is 1. The third-order valence-corrected chi connectivity index (χ3v) is 4.63. The van der Waals surface area contributed by atoms with E-state index in [0.29, 0.717) is 28.2 Å². The van der Waals surface area contributed by atoms with Crippen LogP contribution < -0.4 is 14.8 Å². The molecule has 0 radical (unpaired) electrons. The smallest absolute Gasteiger partial charge is 0.277 e. The van der Waals surface area contributed by atoms with Crippen LogP contribution in [0.2, 0.25) is 0 Å². The van der Waals surface area contributed by atoms with Crippen molar-refractivity contribution >= 4 is 17.7 Å². The largest absolute Gasteiger partial charge is 0.493 e. The Morgan fingerprint density at radius 1 is 1.11 bits per heavy atom. The van der Waals surface area contributed by atoms with Crippen molar-refractivity contribution in [2.75, 3.05) is 20.0 Å². The van der Waals surface area contributed by atoms with Crippen molar-refractivity contribution in [1.82, 2.24) is 15.5 Å². The van der Waals surface area contributed by atoms with Gasteiger partial charge in [0.25, 0.3) is 5.22 Å². The van der Waals surface area contributed by atoms with Crippen molar-refractivity contribution < 1.29 is 18.7 Å². The molecule has 0 fully saturated rings. The van der Waals surface area contributed by atoms with Gasteiger partial charge in [0.15, 0.2) is 11.5 Å². The first kappa shape index (κ1) is 22.1. The van der Waals surface area contributed by atoms with Crippen LogP contribution >= 0.6 is 11.8 Å². The Morgan fingerprint density at radius 2 is 1.79 bits per heavy atom. The molecule has 1 aromatic heterocycles. The molecule has 8 heteroatoms. The lowest BCUT2D eigenvalue weighted by Crippen LogP contribution is -2.46. The molecular weight excluding hydrogens is 378 g/mol. The van der Waals surface area contributed by atoms with Crippen LogP contribution in [0, 0.1) is 5.41 Å². The zero-order valence-electron chi connectivity index (χ0n) is 17.6. The van der Waals surface area contributed by atoms with Gasteiger partial charge >= 0.3 is 0 Å². The summed E-state index contributed by atoms with van der Waals surface area (Å²) in [5.41, 5.74) is 0.563. The average molecular weight is 408 g/mol. The van der Waals surface area contributed by atoms with Crippen LogP contribution in [0.25, 0.3) is 11.5 Å². The topological polar surface area (TPSA) is 86.5 Å². The molecule has 0 spiro atoms. The van der Waals surface area contributed by atoms with Gasteiger partial charge in [0.05, 0.1) is 20.0 Å². The minimum atomic E-state index is -0.282. The van der Waals surface area contributed by atoms with Gasteiger partial charge in [-0.05, 0) is 43.9 Å². The molecule has 0 saturated carbocycles. The number of carbonyl (C=O) groups is 1. The molecule has 1 heterocycles. The first-order valence-corrected chi connectivity index (χ1v) is 10.0. The maximum atomic E-state index is 12.3. The zero-order valence-corrected chi connectivity index (χ0v) is 18.4. The highest BCUT2D eigenvalue weighted by Crippen LogP contribution is 2.32. The summed E-state index contributed by atoms with van der Waals surface area (Å²) in [6.07, 6.45) is 0.875. The molecule has 1 N–H and O–H groups in total. The number of amides is 1. The normalized spacial score (nSPS) is 12.0. The SMILES string of the molecule is COc1ccc(-c2nnc(SCC(=O)NC(C)(C)CC(C)(C)C)o2)cc1OC. The lowest BCUT2D eigenvalue weighted by Gasteiger charge is -2.33. The van der Waals surface area contributed by atoms with Gasteiger partial charge < -0.3 is 19.2 Å². The van der Waals surface area contributed by atoms with E-state index < -0.39 is 0 Å². The number of rotatable bonds is 8. The Kier molecular flexibility index (Phi) is 6.98. The summed E-state index contributed by atoms with van der Waals surface area (Å²) in [5, 5.41) is 11.5. The van der Waals surface area contributed by atoms with Gasteiger partial charge in [0.2, 0.25) is 11.8 Å². The Hall–Kier alpha value is -2.22. The van der Waals surface area contributed by atoms with Gasteiger partial charge in [-0.3, -0.25) is 4.79 Å². The molecule has 7 nitrogen and oxygen atoms in total. The number of hydrogen-bond acceptors (Lipinski definition) is 7. The van der Waals surface area contributed by atoms with Crippen molar-refractivity contribution in [2.24, 2.45) is 5.41 Å². The summed E-state index contributed by atoms with van der Waals surface area (Å²) >= 11 is 1.21. The standard InChI is InChI=1S/C20H29N3O4S/c1-19(2,3)12-20(4,5)21-16(24)11-28-18-23-22-17(27-18)13-8-9-14(25-6)15(10-13)26-7/h8-10H,11-12H2,1-7H3,(H,21,24). The van der Waals surface area contributed by atoms with E-state index in [2.05, 4.69) is 36.3 Å². The van der Waals surface area contributed by atoms with E-state index in [9.17, 15) is 4.79 Å². The monoisotopic (exact) mass is 407 g/mol. The van der Waals surface area contributed by atoms with Crippen LogP contribution in [-0.2, 0) is 4.79 Å². The predicted octanol–water partition coefficient (Wildman–Crippen LogP) is 4.18. The van der Waals surface area contributed by atoms with E-state index in [1.165, 1.54) is 11.8 Å². The molecule has 28 heavy (non-hydrogen) atoms. The van der Waals surface area contributed by atoms with Crippen molar-refractivity contribution in [1.29, 1.82) is 0 Å². The first-order valence-electron chi connectivity index (χ1n) is 9.03. The zero-order chi connectivity index (χ0) is 20.9. The second kappa shape index (κ2) is 8.86. The maximum absolute atomic E-state index is 12.3. The van der Waals surface area contributed by atoms with E-state index >= 15 is 0 Å². The summed E-state index contributed by atoms with van der Waals surface area (Å²) in [4.78, 5) is 12.3. The summed E-state index contributed by atoms with van der Waals surface area (Å²) in [7, 11) is 3.14. The Labute approximate surface area is 170 Å². The van der Waals surface area contributed by atoms with Gasteiger partial charge in [-0.2, -0.15) is 0 Å². The predicted molar refractivity (Wildman–Crippen MR) is 110 cm³/mol. The highest BCUT2D eigenvalue weighted by Gasteiger charge is 2.27. The number of carbonyl (C=O) groups excluding carboxylic acids is 1. The van der Waals surface area contributed by atoms with E-state index in [1.807, 2.05) is 19.9 Å². The average Bonchev–Trinajstić information content (AvgIpc) is 3.05. The van der Waals surface area contributed by atoms with Crippen molar-refractivity contribution in [3.05, 3.63) is 18.2 Å². The second-order valence-corrected chi connectivity index (χ2v) is 9.33. The van der Waals surface area contributed by atoms with Gasteiger partial charge in [-0.25, -0.2) is 0 Å². The van der Waals surface area contributed by atoms with Crippen LogP contribution in [0.5, 0.6) is 11.5 Å². The lowest BCUT2D eigenvalue weighted by molar-refractivity contribution is -0.120. The van der Waals surface area contributed by atoms with Crippen molar-refractivity contribution in [3.63, 3.8) is 0 Å². The minimum absolute atomic E-state index is 0.0647. The number of hydrogen-bond donors (Lipinski definition) is 1. The van der Waals surface area contributed by atoms with Crippen LogP contribution in [0.15, 0.2) is 27.8 Å². The molecule has 0 aliphatic carbocycles.